The Morgan fingerprint density at radius 2 is 1.82 bits per heavy atom. The molecule has 38 heavy (non-hydrogen) atoms. The summed E-state index contributed by atoms with van der Waals surface area (Å²) in [5.74, 6) is -0.370. The molecule has 0 bridgehead atoms. The van der Waals surface area contributed by atoms with Crippen LogP contribution in [0.3, 0.4) is 0 Å². The Morgan fingerprint density at radius 3 is 2.42 bits per heavy atom. The van der Waals surface area contributed by atoms with Crippen LogP contribution in [-0.4, -0.2) is 64.2 Å². The number of fused-ring (bicyclic) bond motifs is 3. The average molecular weight is 516 g/mol. The minimum atomic E-state index is -1.91. The number of benzene rings is 2. The van der Waals surface area contributed by atoms with Crippen LogP contribution in [0.4, 0.5) is 0 Å². The Hall–Kier alpha value is -3.48. The number of pyridine rings is 1. The Balaban J connectivity index is 1.78. The number of hydrogen-bond donors (Lipinski definition) is 3. The third-order valence-electron chi connectivity index (χ3n) is 7.80. The molecule has 0 saturated heterocycles. The monoisotopic (exact) mass is 515 g/mol. The molecule has 0 unspecified atom stereocenters. The van der Waals surface area contributed by atoms with Crippen LogP contribution in [-0.2, 0) is 11.2 Å². The van der Waals surface area contributed by atoms with Gasteiger partial charge in [-0.15, -0.1) is 0 Å². The molecule has 1 aliphatic heterocycles. The first-order valence-corrected chi connectivity index (χ1v) is 12.6. The topological polar surface area (TPSA) is 119 Å². The molecule has 1 aromatic heterocycles. The average Bonchev–Trinajstić information content (AvgIpc) is 3.26. The zero-order chi connectivity index (χ0) is 27.3. The van der Waals surface area contributed by atoms with Crippen LogP contribution in [0.1, 0.15) is 42.0 Å². The summed E-state index contributed by atoms with van der Waals surface area (Å²) in [4.78, 5) is 6.21. The summed E-state index contributed by atoms with van der Waals surface area (Å²) in [6, 6.07) is 18.8. The quantitative estimate of drug-likeness (QED) is 0.440. The van der Waals surface area contributed by atoms with E-state index >= 15 is 0 Å². The van der Waals surface area contributed by atoms with E-state index in [1.165, 1.54) is 19.5 Å². The fourth-order valence-electron chi connectivity index (χ4n) is 6.61. The van der Waals surface area contributed by atoms with Gasteiger partial charge in [0.15, 0.2) is 11.2 Å². The van der Waals surface area contributed by atoms with Crippen molar-refractivity contribution in [2.24, 2.45) is 5.92 Å². The third-order valence-corrected chi connectivity index (χ3v) is 7.80. The van der Waals surface area contributed by atoms with E-state index in [4.69, 9.17) is 9.47 Å². The van der Waals surface area contributed by atoms with Crippen molar-refractivity contribution in [1.29, 1.82) is 5.26 Å². The Morgan fingerprint density at radius 1 is 1.13 bits per heavy atom. The van der Waals surface area contributed by atoms with Crippen LogP contribution in [0.2, 0.25) is 0 Å². The van der Waals surface area contributed by atoms with E-state index in [-0.39, 0.29) is 0 Å². The summed E-state index contributed by atoms with van der Waals surface area (Å²) in [6.45, 7) is 4.21. The van der Waals surface area contributed by atoms with Gasteiger partial charge in [0.25, 0.3) is 0 Å². The molecule has 3 N–H and O–H groups in total. The first kappa shape index (κ1) is 26.1. The number of hydrogen-bond acceptors (Lipinski definition) is 8. The number of nitrogens with zero attached hydrogens (tertiary/aromatic N) is 3. The van der Waals surface area contributed by atoms with Crippen LogP contribution < -0.4 is 9.47 Å². The van der Waals surface area contributed by atoms with Gasteiger partial charge in [-0.25, -0.2) is 0 Å². The van der Waals surface area contributed by atoms with E-state index in [0.717, 1.165) is 5.56 Å². The Labute approximate surface area is 222 Å². The molecule has 0 spiro atoms. The molecular weight excluding hydrogens is 482 g/mol. The number of methoxy groups -OCH3 is 1. The number of nitriles is 1. The maximum atomic E-state index is 12.8. The van der Waals surface area contributed by atoms with Gasteiger partial charge in [-0.2, -0.15) is 5.26 Å². The van der Waals surface area contributed by atoms with Crippen molar-refractivity contribution < 1.29 is 24.8 Å². The van der Waals surface area contributed by atoms with Crippen molar-refractivity contribution in [1.82, 2.24) is 9.88 Å². The highest BCUT2D eigenvalue weighted by Crippen LogP contribution is 2.69. The maximum Gasteiger partial charge on any atom is 0.177 e. The predicted octanol–water partition coefficient (Wildman–Crippen LogP) is 2.91. The van der Waals surface area contributed by atoms with E-state index in [1.54, 1.807) is 38.1 Å². The molecule has 2 aromatic carbocycles. The number of ether oxygens (including phenoxy) is 2. The standard InChI is InChI=1S/C30H33N3O5/c1-28(2,35)18-33(3)17-22-25(20-8-6-5-7-9-20)30(21-12-10-19(14-31)11-13-21)29(36,27(22)34)26-23(37-4)15-32-16-24(26)38-30/h5-13,15-16,22,25,27,34-36H,17-18H2,1-4H3/t22-,25-,27-,29+,30+/m1/s1. The van der Waals surface area contributed by atoms with Crippen LogP contribution in [0.15, 0.2) is 67.0 Å². The lowest BCUT2D eigenvalue weighted by Crippen LogP contribution is -2.52. The fourth-order valence-corrected chi connectivity index (χ4v) is 6.61. The zero-order valence-corrected chi connectivity index (χ0v) is 22.0. The van der Waals surface area contributed by atoms with Gasteiger partial charge in [-0.05, 0) is 44.2 Å². The van der Waals surface area contributed by atoms with Gasteiger partial charge < -0.3 is 29.7 Å². The van der Waals surface area contributed by atoms with E-state index in [9.17, 15) is 20.6 Å². The van der Waals surface area contributed by atoms with E-state index in [1.807, 2.05) is 42.3 Å². The highest BCUT2D eigenvalue weighted by atomic mass is 16.5. The highest BCUT2D eigenvalue weighted by Gasteiger charge is 2.76. The van der Waals surface area contributed by atoms with E-state index in [0.29, 0.717) is 41.3 Å². The molecule has 1 saturated carbocycles. The number of aromatic nitrogens is 1. The maximum absolute atomic E-state index is 12.8. The molecule has 2 aliphatic rings. The molecule has 198 valence electrons. The summed E-state index contributed by atoms with van der Waals surface area (Å²) in [5, 5.41) is 44.9. The van der Waals surface area contributed by atoms with Crippen molar-refractivity contribution in [3.63, 3.8) is 0 Å². The smallest absolute Gasteiger partial charge is 0.177 e. The number of aliphatic hydroxyl groups is 3. The predicted molar refractivity (Wildman–Crippen MR) is 141 cm³/mol. The van der Waals surface area contributed by atoms with Gasteiger partial charge in [0.1, 0.15) is 11.5 Å². The zero-order valence-electron chi connectivity index (χ0n) is 22.0. The van der Waals surface area contributed by atoms with Crippen LogP contribution >= 0.6 is 0 Å². The van der Waals surface area contributed by atoms with E-state index in [2.05, 4.69) is 11.1 Å². The summed E-state index contributed by atoms with van der Waals surface area (Å²) in [7, 11) is 3.38. The molecule has 8 heteroatoms. The molecule has 0 radical (unpaired) electrons. The molecule has 1 fully saturated rings. The van der Waals surface area contributed by atoms with Crippen molar-refractivity contribution >= 4 is 0 Å². The molecule has 3 aromatic rings. The molecule has 2 heterocycles. The molecule has 1 aliphatic carbocycles. The summed E-state index contributed by atoms with van der Waals surface area (Å²) in [6.07, 6.45) is 1.77. The van der Waals surface area contributed by atoms with Crippen LogP contribution in [0, 0.1) is 17.2 Å². The number of rotatable bonds is 7. The first-order chi connectivity index (χ1) is 18.1. The molecule has 8 nitrogen and oxygen atoms in total. The molecule has 5 atom stereocenters. The summed E-state index contributed by atoms with van der Waals surface area (Å²) >= 11 is 0. The van der Waals surface area contributed by atoms with Gasteiger partial charge in [0, 0.05) is 24.9 Å². The molecule has 5 rings (SSSR count). The van der Waals surface area contributed by atoms with Crippen molar-refractivity contribution in [2.45, 2.75) is 42.7 Å². The minimum Gasteiger partial charge on any atom is -0.495 e. The normalized spacial score (nSPS) is 27.9. The first-order valence-electron chi connectivity index (χ1n) is 12.6. The van der Waals surface area contributed by atoms with Gasteiger partial charge in [0.2, 0.25) is 0 Å². The van der Waals surface area contributed by atoms with Gasteiger partial charge in [-0.3, -0.25) is 4.98 Å². The van der Waals surface area contributed by atoms with Gasteiger partial charge >= 0.3 is 0 Å². The second-order valence-corrected chi connectivity index (χ2v) is 11.0. The van der Waals surface area contributed by atoms with Gasteiger partial charge in [-0.1, -0.05) is 42.5 Å². The Bertz CT molecular complexity index is 1350. The van der Waals surface area contributed by atoms with E-state index < -0.39 is 34.7 Å². The lowest BCUT2D eigenvalue weighted by atomic mass is 9.70. The van der Waals surface area contributed by atoms with Crippen LogP contribution in [0.5, 0.6) is 11.5 Å². The minimum absolute atomic E-state index is 0.317. The van der Waals surface area contributed by atoms with Crippen LogP contribution in [0.25, 0.3) is 0 Å². The summed E-state index contributed by atoms with van der Waals surface area (Å²) < 4.78 is 12.4. The van der Waals surface area contributed by atoms with Crippen molar-refractivity contribution in [2.75, 3.05) is 27.2 Å². The SMILES string of the molecule is COc1cncc2c1[C@]1(O)[C@H](O)[C@H](CN(C)CC(C)(C)O)[C@@H](c3ccccc3)[C@]1(c1ccc(C#N)cc1)O2. The number of likely N-dealkylation sites (N-methyl/N-ethyl adjacent to an activating group) is 1. The highest BCUT2D eigenvalue weighted by molar-refractivity contribution is 5.59. The largest absolute Gasteiger partial charge is 0.495 e. The third kappa shape index (κ3) is 3.86. The Kier molecular flexibility index (Phi) is 6.44. The summed E-state index contributed by atoms with van der Waals surface area (Å²) in [5.41, 5.74) is -1.99. The lowest BCUT2D eigenvalue weighted by Gasteiger charge is -2.41. The van der Waals surface area contributed by atoms with Crippen molar-refractivity contribution in [3.8, 4) is 17.6 Å². The second-order valence-electron chi connectivity index (χ2n) is 11.0. The fraction of sp³-hybridized carbons (Fsp3) is 0.400. The second kappa shape index (κ2) is 9.37. The van der Waals surface area contributed by atoms with Crippen molar-refractivity contribution in [3.05, 3.63) is 89.2 Å². The number of aliphatic hydroxyl groups excluding tert-OH is 1. The van der Waals surface area contributed by atoms with Gasteiger partial charge in [0.05, 0.1) is 48.4 Å². The molecular formula is C30H33N3O5. The molecule has 0 amide bonds. The lowest BCUT2D eigenvalue weighted by molar-refractivity contribution is -0.152.